The average molecular weight is 452 g/mol. The summed E-state index contributed by atoms with van der Waals surface area (Å²) in [6.07, 6.45) is 3.68. The van der Waals surface area contributed by atoms with Crippen molar-refractivity contribution < 1.29 is 24.0 Å². The standard InChI is InChI=1S/C21H27BrN2O4/c1-5-27-21(26)20-15-10-19(28-14(3)25)16(22)11-17(15)23(4)18(20)12-24-9-7-6-8-13(24)2/h10-11,13H,5-9,12H2,1-4H3/p+1. The second-order valence-electron chi connectivity index (χ2n) is 7.48. The number of esters is 2. The minimum Gasteiger partial charge on any atom is -0.462 e. The molecule has 152 valence electrons. The Kier molecular flexibility index (Phi) is 6.45. The third-order valence-corrected chi connectivity index (χ3v) is 6.20. The Bertz CT molecular complexity index is 906. The highest BCUT2D eigenvalue weighted by molar-refractivity contribution is 9.10. The van der Waals surface area contributed by atoms with E-state index < -0.39 is 5.97 Å². The van der Waals surface area contributed by atoms with Crippen LogP contribution in [0.4, 0.5) is 0 Å². The summed E-state index contributed by atoms with van der Waals surface area (Å²) in [5.74, 6) is -0.329. The van der Waals surface area contributed by atoms with Crippen molar-refractivity contribution in [2.45, 2.75) is 52.6 Å². The summed E-state index contributed by atoms with van der Waals surface area (Å²) in [5.41, 5.74) is 2.44. The maximum atomic E-state index is 12.9. The van der Waals surface area contributed by atoms with Crippen molar-refractivity contribution in [1.82, 2.24) is 4.57 Å². The highest BCUT2D eigenvalue weighted by Crippen LogP contribution is 2.35. The number of aromatic nitrogens is 1. The van der Waals surface area contributed by atoms with Crippen LogP contribution in [0.15, 0.2) is 16.6 Å². The molecule has 1 N–H and O–H groups in total. The minimum absolute atomic E-state index is 0.314. The molecule has 2 unspecified atom stereocenters. The molecule has 3 rings (SSSR count). The van der Waals surface area contributed by atoms with Gasteiger partial charge in [0.15, 0.2) is 0 Å². The van der Waals surface area contributed by atoms with Gasteiger partial charge in [-0.05, 0) is 61.2 Å². The van der Waals surface area contributed by atoms with Gasteiger partial charge in [0.05, 0.1) is 40.4 Å². The van der Waals surface area contributed by atoms with Gasteiger partial charge in [0, 0.05) is 19.4 Å². The van der Waals surface area contributed by atoms with Crippen LogP contribution < -0.4 is 9.64 Å². The van der Waals surface area contributed by atoms with E-state index in [1.165, 1.54) is 31.1 Å². The molecule has 7 heteroatoms. The van der Waals surface area contributed by atoms with Gasteiger partial charge in [0.1, 0.15) is 12.3 Å². The monoisotopic (exact) mass is 451 g/mol. The fraction of sp³-hybridized carbons (Fsp3) is 0.524. The average Bonchev–Trinajstić information content (AvgIpc) is 2.89. The molecule has 2 aromatic rings. The number of likely N-dealkylation sites (tertiary alicyclic amines) is 1. The molecule has 1 aliphatic rings. The smallest absolute Gasteiger partial charge is 0.340 e. The molecule has 1 fully saturated rings. The van der Waals surface area contributed by atoms with E-state index in [2.05, 4.69) is 27.4 Å². The number of carbonyl (C=O) groups is 2. The van der Waals surface area contributed by atoms with Crippen LogP contribution in [0.5, 0.6) is 5.75 Å². The number of quaternary nitrogens is 1. The molecule has 0 bridgehead atoms. The van der Waals surface area contributed by atoms with Gasteiger partial charge < -0.3 is 18.9 Å². The minimum atomic E-state index is -0.402. The number of fused-ring (bicyclic) bond motifs is 1. The lowest BCUT2D eigenvalue weighted by molar-refractivity contribution is -0.942. The first-order valence-corrected chi connectivity index (χ1v) is 10.6. The number of nitrogens with one attached hydrogen (secondary N) is 1. The first-order valence-electron chi connectivity index (χ1n) is 9.84. The number of carbonyl (C=O) groups excluding carboxylic acids is 2. The molecule has 0 aliphatic carbocycles. The number of nitrogens with zero attached hydrogens (tertiary/aromatic N) is 1. The van der Waals surface area contributed by atoms with Crippen LogP contribution >= 0.6 is 15.9 Å². The number of rotatable bonds is 5. The zero-order chi connectivity index (χ0) is 20.4. The Morgan fingerprint density at radius 2 is 2.07 bits per heavy atom. The van der Waals surface area contributed by atoms with Gasteiger partial charge in [-0.15, -0.1) is 0 Å². The van der Waals surface area contributed by atoms with Crippen LogP contribution in [0.25, 0.3) is 10.9 Å². The predicted molar refractivity (Wildman–Crippen MR) is 111 cm³/mol. The second-order valence-corrected chi connectivity index (χ2v) is 8.33. The summed E-state index contributed by atoms with van der Waals surface area (Å²) in [6, 6.07) is 4.21. The Morgan fingerprint density at radius 3 is 2.71 bits per heavy atom. The first kappa shape index (κ1) is 20.9. The largest absolute Gasteiger partial charge is 0.462 e. The quantitative estimate of drug-likeness (QED) is 0.560. The van der Waals surface area contributed by atoms with E-state index in [0.717, 1.165) is 29.7 Å². The highest BCUT2D eigenvalue weighted by atomic mass is 79.9. The maximum absolute atomic E-state index is 12.9. The van der Waals surface area contributed by atoms with E-state index in [-0.39, 0.29) is 5.97 Å². The van der Waals surface area contributed by atoms with Crippen LogP contribution in [0.3, 0.4) is 0 Å². The summed E-state index contributed by atoms with van der Waals surface area (Å²) < 4.78 is 13.4. The third kappa shape index (κ3) is 4.10. The van der Waals surface area contributed by atoms with Crippen LogP contribution in [-0.4, -0.2) is 35.7 Å². The number of aryl methyl sites for hydroxylation is 1. The lowest BCUT2D eigenvalue weighted by atomic mass is 10.0. The van der Waals surface area contributed by atoms with E-state index in [1.54, 1.807) is 6.07 Å². The number of ether oxygens (including phenoxy) is 2. The molecule has 1 aromatic heterocycles. The van der Waals surface area contributed by atoms with E-state index in [4.69, 9.17) is 9.47 Å². The second kappa shape index (κ2) is 8.66. The van der Waals surface area contributed by atoms with E-state index in [0.29, 0.717) is 28.4 Å². The number of piperidine rings is 1. The number of hydrogen-bond donors (Lipinski definition) is 1. The van der Waals surface area contributed by atoms with Crippen molar-refractivity contribution in [2.24, 2.45) is 7.05 Å². The molecule has 0 amide bonds. The van der Waals surface area contributed by atoms with Gasteiger partial charge >= 0.3 is 11.9 Å². The number of benzene rings is 1. The lowest BCUT2D eigenvalue weighted by Gasteiger charge is -2.30. The molecular weight excluding hydrogens is 424 g/mol. The highest BCUT2D eigenvalue weighted by Gasteiger charge is 2.29. The normalized spacial score (nSPS) is 19.6. The summed E-state index contributed by atoms with van der Waals surface area (Å²) in [5, 5.41) is 0.750. The molecule has 1 aromatic carbocycles. The Labute approximate surface area is 173 Å². The van der Waals surface area contributed by atoms with Crippen LogP contribution in [0.1, 0.15) is 56.1 Å². The van der Waals surface area contributed by atoms with Gasteiger partial charge in [-0.2, -0.15) is 0 Å². The van der Waals surface area contributed by atoms with Gasteiger partial charge in [0.2, 0.25) is 0 Å². The topological polar surface area (TPSA) is 62.0 Å². The number of halogens is 1. The van der Waals surface area contributed by atoms with Crippen molar-refractivity contribution in [2.75, 3.05) is 13.2 Å². The predicted octanol–water partition coefficient (Wildman–Crippen LogP) is 3.00. The Hall–Kier alpha value is -1.86. The van der Waals surface area contributed by atoms with E-state index in [9.17, 15) is 9.59 Å². The molecule has 1 saturated heterocycles. The maximum Gasteiger partial charge on any atom is 0.340 e. The van der Waals surface area contributed by atoms with Crippen molar-refractivity contribution in [1.29, 1.82) is 0 Å². The number of hydrogen-bond acceptors (Lipinski definition) is 4. The van der Waals surface area contributed by atoms with E-state index in [1.807, 2.05) is 20.0 Å². The van der Waals surface area contributed by atoms with Crippen molar-refractivity contribution in [3.05, 3.63) is 27.9 Å². The van der Waals surface area contributed by atoms with Gasteiger partial charge in [-0.1, -0.05) is 0 Å². The summed E-state index contributed by atoms with van der Waals surface area (Å²) >= 11 is 3.48. The van der Waals surface area contributed by atoms with Gasteiger partial charge in [-0.3, -0.25) is 4.79 Å². The summed E-state index contributed by atoms with van der Waals surface area (Å²) in [6.45, 7) is 7.63. The third-order valence-electron chi connectivity index (χ3n) is 5.58. The molecule has 0 radical (unpaired) electrons. The first-order chi connectivity index (χ1) is 13.3. The molecule has 2 heterocycles. The van der Waals surface area contributed by atoms with Crippen LogP contribution in [-0.2, 0) is 23.1 Å². The molecule has 0 saturated carbocycles. The SMILES string of the molecule is CCOC(=O)c1c(C[NH+]2CCCCC2C)n(C)c2cc(Br)c(OC(C)=O)cc12. The van der Waals surface area contributed by atoms with Crippen LogP contribution in [0.2, 0.25) is 0 Å². The zero-order valence-electron chi connectivity index (χ0n) is 16.9. The Morgan fingerprint density at radius 1 is 1.32 bits per heavy atom. The van der Waals surface area contributed by atoms with Gasteiger partial charge in [0.25, 0.3) is 0 Å². The van der Waals surface area contributed by atoms with E-state index >= 15 is 0 Å². The summed E-state index contributed by atoms with van der Waals surface area (Å²) in [4.78, 5) is 25.8. The van der Waals surface area contributed by atoms with Crippen molar-refractivity contribution in [3.63, 3.8) is 0 Å². The molecule has 28 heavy (non-hydrogen) atoms. The molecule has 1 aliphatic heterocycles. The zero-order valence-corrected chi connectivity index (χ0v) is 18.5. The summed E-state index contributed by atoms with van der Waals surface area (Å²) in [7, 11) is 1.98. The fourth-order valence-corrected chi connectivity index (χ4v) is 4.50. The van der Waals surface area contributed by atoms with Crippen LogP contribution in [0, 0.1) is 0 Å². The molecular formula is C21H28BrN2O4+. The van der Waals surface area contributed by atoms with Crippen molar-refractivity contribution >= 4 is 38.8 Å². The van der Waals surface area contributed by atoms with Crippen molar-refractivity contribution in [3.8, 4) is 5.75 Å². The molecule has 6 nitrogen and oxygen atoms in total. The molecule has 0 spiro atoms. The molecule has 2 atom stereocenters. The Balaban J connectivity index is 2.14. The fourth-order valence-electron chi connectivity index (χ4n) is 4.09. The lowest BCUT2D eigenvalue weighted by Crippen LogP contribution is -3.15. The van der Waals surface area contributed by atoms with Gasteiger partial charge in [-0.25, -0.2) is 4.79 Å².